The molecular weight excluding hydrogens is 420 g/mol. The van der Waals surface area contributed by atoms with Crippen molar-refractivity contribution >= 4 is 17.8 Å². The van der Waals surface area contributed by atoms with Crippen LogP contribution in [0.2, 0.25) is 0 Å². The average molecular weight is 469 g/mol. The molecule has 0 aliphatic heterocycles. The average Bonchev–Trinajstić information content (AvgIpc) is 2.75. The molecule has 0 radical (unpaired) electrons. The SMILES string of the molecule is CC(C)COC(C)CNc1nc(NCC(C)OCC(C)C)nc(NCC(C)OCC(C)C)n1. The van der Waals surface area contributed by atoms with Gasteiger partial charge in [0.25, 0.3) is 0 Å². The molecule has 1 aromatic rings. The lowest BCUT2D eigenvalue weighted by Gasteiger charge is -2.18. The van der Waals surface area contributed by atoms with Crippen molar-refractivity contribution in [1.82, 2.24) is 15.0 Å². The Morgan fingerprint density at radius 1 is 0.485 bits per heavy atom. The lowest BCUT2D eigenvalue weighted by molar-refractivity contribution is 0.0554. The molecule has 0 aromatic carbocycles. The Kier molecular flexibility index (Phi) is 14.2. The van der Waals surface area contributed by atoms with Gasteiger partial charge < -0.3 is 30.2 Å². The van der Waals surface area contributed by atoms with Crippen molar-refractivity contribution in [2.24, 2.45) is 17.8 Å². The molecule has 0 bridgehead atoms. The predicted molar refractivity (Wildman–Crippen MR) is 136 cm³/mol. The van der Waals surface area contributed by atoms with Crippen LogP contribution in [-0.4, -0.2) is 72.7 Å². The minimum absolute atomic E-state index is 0.0471. The van der Waals surface area contributed by atoms with Crippen molar-refractivity contribution in [1.29, 1.82) is 0 Å². The molecule has 3 N–H and O–H groups in total. The maximum Gasteiger partial charge on any atom is 0.229 e. The third-order valence-electron chi connectivity index (χ3n) is 4.42. The van der Waals surface area contributed by atoms with Gasteiger partial charge in [0.1, 0.15) is 0 Å². The van der Waals surface area contributed by atoms with E-state index in [1.165, 1.54) is 0 Å². The van der Waals surface area contributed by atoms with E-state index in [1.54, 1.807) is 0 Å². The summed E-state index contributed by atoms with van der Waals surface area (Å²) >= 11 is 0. The second-order valence-corrected chi connectivity index (χ2v) is 10.1. The molecule has 3 unspecified atom stereocenters. The number of nitrogens with one attached hydrogen (secondary N) is 3. The van der Waals surface area contributed by atoms with Gasteiger partial charge >= 0.3 is 0 Å². The molecule has 0 spiro atoms. The van der Waals surface area contributed by atoms with Crippen LogP contribution in [0.4, 0.5) is 17.8 Å². The molecule has 0 saturated heterocycles. The fraction of sp³-hybridized carbons (Fsp3) is 0.875. The Hall–Kier alpha value is -1.71. The Morgan fingerprint density at radius 2 is 0.727 bits per heavy atom. The molecule has 3 atom stereocenters. The van der Waals surface area contributed by atoms with E-state index in [2.05, 4.69) is 72.4 Å². The molecule has 9 nitrogen and oxygen atoms in total. The van der Waals surface area contributed by atoms with Crippen LogP contribution in [0.25, 0.3) is 0 Å². The molecule has 33 heavy (non-hydrogen) atoms. The zero-order chi connectivity index (χ0) is 24.8. The van der Waals surface area contributed by atoms with Crippen molar-refractivity contribution in [3.63, 3.8) is 0 Å². The number of rotatable bonds is 18. The number of anilines is 3. The van der Waals surface area contributed by atoms with Crippen molar-refractivity contribution in [2.75, 3.05) is 55.4 Å². The zero-order valence-electron chi connectivity index (χ0n) is 22.3. The summed E-state index contributed by atoms with van der Waals surface area (Å²) in [5, 5.41) is 9.82. The predicted octanol–water partition coefficient (Wildman–Crippen LogP) is 4.29. The number of hydrogen-bond acceptors (Lipinski definition) is 9. The van der Waals surface area contributed by atoms with Crippen molar-refractivity contribution in [2.45, 2.75) is 80.6 Å². The van der Waals surface area contributed by atoms with E-state index in [4.69, 9.17) is 14.2 Å². The van der Waals surface area contributed by atoms with Gasteiger partial charge in [0.2, 0.25) is 17.8 Å². The van der Waals surface area contributed by atoms with E-state index in [9.17, 15) is 0 Å². The van der Waals surface area contributed by atoms with Crippen LogP contribution in [0.5, 0.6) is 0 Å². The van der Waals surface area contributed by atoms with E-state index in [0.29, 0.717) is 55.2 Å². The van der Waals surface area contributed by atoms with Crippen LogP contribution in [-0.2, 0) is 14.2 Å². The molecule has 192 valence electrons. The second kappa shape index (κ2) is 16.0. The van der Waals surface area contributed by atoms with Gasteiger partial charge in [-0.05, 0) is 38.5 Å². The van der Waals surface area contributed by atoms with E-state index in [-0.39, 0.29) is 18.3 Å². The first-order valence-electron chi connectivity index (χ1n) is 12.4. The highest BCUT2D eigenvalue weighted by molar-refractivity contribution is 5.42. The fourth-order valence-electron chi connectivity index (χ4n) is 2.57. The number of hydrogen-bond donors (Lipinski definition) is 3. The lowest BCUT2D eigenvalue weighted by atomic mass is 10.2. The summed E-state index contributed by atoms with van der Waals surface area (Å²) in [6.07, 6.45) is 0.141. The zero-order valence-corrected chi connectivity index (χ0v) is 22.3. The van der Waals surface area contributed by atoms with E-state index >= 15 is 0 Å². The molecule has 1 heterocycles. The van der Waals surface area contributed by atoms with Crippen molar-refractivity contribution < 1.29 is 14.2 Å². The molecule has 0 aliphatic carbocycles. The van der Waals surface area contributed by atoms with Crippen LogP contribution in [0, 0.1) is 17.8 Å². The summed E-state index contributed by atoms with van der Waals surface area (Å²) < 4.78 is 17.5. The number of nitrogens with zero attached hydrogens (tertiary/aromatic N) is 3. The molecule has 9 heteroatoms. The number of aromatic nitrogens is 3. The lowest BCUT2D eigenvalue weighted by Crippen LogP contribution is -2.26. The first-order valence-corrected chi connectivity index (χ1v) is 12.4. The highest BCUT2D eigenvalue weighted by Gasteiger charge is 2.12. The maximum atomic E-state index is 5.84. The second-order valence-electron chi connectivity index (χ2n) is 10.1. The molecule has 1 rings (SSSR count). The van der Waals surface area contributed by atoms with Crippen LogP contribution >= 0.6 is 0 Å². The van der Waals surface area contributed by atoms with Crippen LogP contribution in [0.1, 0.15) is 62.3 Å². The number of ether oxygens (including phenoxy) is 3. The van der Waals surface area contributed by atoms with Gasteiger partial charge in [0.15, 0.2) is 0 Å². The maximum absolute atomic E-state index is 5.84. The largest absolute Gasteiger partial charge is 0.376 e. The standard InChI is InChI=1S/C24H48N6O3/c1-16(2)13-31-19(7)10-25-22-28-23(26-11-20(8)32-14-17(3)4)30-24(29-22)27-12-21(9)33-15-18(5)6/h16-21H,10-15H2,1-9H3,(H3,25,26,27,28,29,30). The quantitative estimate of drug-likeness (QED) is 0.291. The topological polar surface area (TPSA) is 102 Å². The van der Waals surface area contributed by atoms with Gasteiger partial charge in [-0.15, -0.1) is 0 Å². The highest BCUT2D eigenvalue weighted by Crippen LogP contribution is 2.11. The van der Waals surface area contributed by atoms with Gasteiger partial charge in [0, 0.05) is 39.5 Å². The summed E-state index contributed by atoms with van der Waals surface area (Å²) in [4.78, 5) is 13.6. The summed E-state index contributed by atoms with van der Waals surface area (Å²) in [7, 11) is 0. The third kappa shape index (κ3) is 14.9. The van der Waals surface area contributed by atoms with E-state index in [1.807, 2.05) is 20.8 Å². The normalized spacial score (nSPS) is 14.5. The first kappa shape index (κ1) is 29.3. The summed E-state index contributed by atoms with van der Waals surface area (Å²) in [5.41, 5.74) is 0. The molecule has 0 amide bonds. The molecule has 0 fully saturated rings. The monoisotopic (exact) mass is 468 g/mol. The van der Waals surface area contributed by atoms with Gasteiger partial charge in [-0.1, -0.05) is 41.5 Å². The van der Waals surface area contributed by atoms with Crippen LogP contribution < -0.4 is 16.0 Å². The Labute approximate surface area is 201 Å². The van der Waals surface area contributed by atoms with E-state index < -0.39 is 0 Å². The van der Waals surface area contributed by atoms with Gasteiger partial charge in [-0.3, -0.25) is 0 Å². The molecule has 0 aliphatic rings. The molecule has 0 saturated carbocycles. The summed E-state index contributed by atoms with van der Waals surface area (Å²) in [6, 6.07) is 0. The smallest absolute Gasteiger partial charge is 0.229 e. The summed E-state index contributed by atoms with van der Waals surface area (Å²) in [5.74, 6) is 2.99. The Morgan fingerprint density at radius 3 is 0.939 bits per heavy atom. The first-order chi connectivity index (χ1) is 15.5. The van der Waals surface area contributed by atoms with Gasteiger partial charge in [-0.25, -0.2) is 0 Å². The van der Waals surface area contributed by atoms with E-state index in [0.717, 1.165) is 19.8 Å². The van der Waals surface area contributed by atoms with Crippen LogP contribution in [0.15, 0.2) is 0 Å². The minimum Gasteiger partial charge on any atom is -0.376 e. The summed E-state index contributed by atoms with van der Waals surface area (Å²) in [6.45, 7) is 22.9. The minimum atomic E-state index is 0.0471. The Balaban J connectivity index is 2.75. The van der Waals surface area contributed by atoms with Crippen molar-refractivity contribution in [3.05, 3.63) is 0 Å². The van der Waals surface area contributed by atoms with Crippen molar-refractivity contribution in [3.8, 4) is 0 Å². The Bertz CT molecular complexity index is 547. The fourth-order valence-corrected chi connectivity index (χ4v) is 2.57. The molecular formula is C24H48N6O3. The molecule has 1 aromatic heterocycles. The van der Waals surface area contributed by atoms with Gasteiger partial charge in [0.05, 0.1) is 18.3 Å². The van der Waals surface area contributed by atoms with Gasteiger partial charge in [-0.2, -0.15) is 15.0 Å². The highest BCUT2D eigenvalue weighted by atomic mass is 16.5. The van der Waals surface area contributed by atoms with Crippen LogP contribution in [0.3, 0.4) is 0 Å². The third-order valence-corrected chi connectivity index (χ3v) is 4.42.